The van der Waals surface area contributed by atoms with Gasteiger partial charge in [-0.2, -0.15) is 0 Å². The molecule has 5 heteroatoms. The van der Waals surface area contributed by atoms with E-state index in [2.05, 4.69) is 9.88 Å². The van der Waals surface area contributed by atoms with Crippen LogP contribution in [0.3, 0.4) is 0 Å². The highest BCUT2D eigenvalue weighted by Gasteiger charge is 2.46. The van der Waals surface area contributed by atoms with Gasteiger partial charge in [-0.1, -0.05) is 18.2 Å². The van der Waals surface area contributed by atoms with Crippen molar-refractivity contribution in [2.24, 2.45) is 11.8 Å². The van der Waals surface area contributed by atoms with Gasteiger partial charge in [-0.3, -0.25) is 4.79 Å². The summed E-state index contributed by atoms with van der Waals surface area (Å²) in [5.74, 6) is 2.60. The lowest BCUT2D eigenvalue weighted by Crippen LogP contribution is -2.32. The molecule has 0 unspecified atom stereocenters. The van der Waals surface area contributed by atoms with E-state index in [0.717, 1.165) is 42.5 Å². The minimum absolute atomic E-state index is 0.0977. The zero-order valence-electron chi connectivity index (χ0n) is 14.7. The lowest BCUT2D eigenvalue weighted by atomic mass is 10.0. The third-order valence-electron chi connectivity index (χ3n) is 5.25. The number of anilines is 1. The second kappa shape index (κ2) is 6.39. The number of benzene rings is 1. The number of fused-ring (bicyclic) bond motifs is 1. The smallest absolute Gasteiger partial charge is 0.228 e. The second-order valence-corrected chi connectivity index (χ2v) is 6.98. The van der Waals surface area contributed by atoms with Crippen molar-refractivity contribution in [3.05, 3.63) is 53.7 Å². The number of pyridine rings is 1. The van der Waals surface area contributed by atoms with E-state index in [0.29, 0.717) is 12.5 Å². The van der Waals surface area contributed by atoms with Gasteiger partial charge in [-0.25, -0.2) is 4.98 Å². The lowest BCUT2D eigenvalue weighted by molar-refractivity contribution is -0.131. The fourth-order valence-electron chi connectivity index (χ4n) is 3.93. The van der Waals surface area contributed by atoms with Crippen molar-refractivity contribution in [1.82, 2.24) is 9.88 Å². The van der Waals surface area contributed by atoms with E-state index < -0.39 is 0 Å². The molecule has 1 amide bonds. The summed E-state index contributed by atoms with van der Waals surface area (Å²) in [5, 5.41) is 0. The number of aromatic nitrogens is 1. The Morgan fingerprint density at radius 2 is 1.92 bits per heavy atom. The SMILES string of the molecule is COc1ccc(CN2C[C@H]3CN(c4cccc(C)n4)C[C@H]3C2=O)cc1. The van der Waals surface area contributed by atoms with E-state index in [9.17, 15) is 4.79 Å². The first kappa shape index (κ1) is 15.9. The molecule has 0 saturated carbocycles. The topological polar surface area (TPSA) is 45.7 Å². The number of methoxy groups -OCH3 is 1. The molecule has 4 rings (SSSR count). The van der Waals surface area contributed by atoms with E-state index >= 15 is 0 Å². The number of amides is 1. The molecule has 2 aliphatic rings. The van der Waals surface area contributed by atoms with Crippen molar-refractivity contribution >= 4 is 11.7 Å². The molecule has 1 aromatic heterocycles. The Labute approximate surface area is 148 Å². The van der Waals surface area contributed by atoms with Gasteiger partial charge in [0.25, 0.3) is 0 Å². The number of ether oxygens (including phenoxy) is 1. The van der Waals surface area contributed by atoms with E-state index in [4.69, 9.17) is 4.74 Å². The molecule has 130 valence electrons. The maximum absolute atomic E-state index is 12.8. The first-order chi connectivity index (χ1) is 12.1. The number of hydrogen-bond acceptors (Lipinski definition) is 4. The number of aryl methyl sites for hydroxylation is 1. The average molecular weight is 337 g/mol. The molecular weight excluding hydrogens is 314 g/mol. The molecule has 5 nitrogen and oxygen atoms in total. The van der Waals surface area contributed by atoms with Crippen LogP contribution in [0, 0.1) is 18.8 Å². The minimum Gasteiger partial charge on any atom is -0.497 e. The standard InChI is InChI=1S/C20H23N3O2/c1-14-4-3-5-19(21-14)22-11-16-12-23(20(24)18(16)13-22)10-15-6-8-17(25-2)9-7-15/h3-9,16,18H,10-13H2,1-2H3/t16-,18-/m1/s1. The van der Waals surface area contributed by atoms with Gasteiger partial charge in [0.1, 0.15) is 11.6 Å². The zero-order chi connectivity index (χ0) is 17.4. The highest BCUT2D eigenvalue weighted by molar-refractivity contribution is 5.83. The maximum Gasteiger partial charge on any atom is 0.228 e. The molecule has 3 heterocycles. The molecule has 0 radical (unpaired) electrons. The molecule has 2 fully saturated rings. The molecule has 2 aromatic rings. The van der Waals surface area contributed by atoms with Gasteiger partial charge < -0.3 is 14.5 Å². The van der Waals surface area contributed by atoms with Crippen molar-refractivity contribution in [3.8, 4) is 5.75 Å². The molecule has 25 heavy (non-hydrogen) atoms. The highest BCUT2D eigenvalue weighted by atomic mass is 16.5. The summed E-state index contributed by atoms with van der Waals surface area (Å²) in [4.78, 5) is 21.7. The molecule has 2 atom stereocenters. The number of nitrogens with zero attached hydrogens (tertiary/aromatic N) is 3. The van der Waals surface area contributed by atoms with E-state index in [-0.39, 0.29) is 11.8 Å². The summed E-state index contributed by atoms with van der Waals surface area (Å²) in [6, 6.07) is 14.0. The van der Waals surface area contributed by atoms with Crippen LogP contribution in [0.5, 0.6) is 5.75 Å². The van der Waals surface area contributed by atoms with Crippen LogP contribution in [0.15, 0.2) is 42.5 Å². The normalized spacial score (nSPS) is 22.4. The first-order valence-corrected chi connectivity index (χ1v) is 8.74. The fraction of sp³-hybridized carbons (Fsp3) is 0.400. The molecule has 1 aromatic carbocycles. The summed E-state index contributed by atoms with van der Waals surface area (Å²) < 4.78 is 5.19. The van der Waals surface area contributed by atoms with E-state index in [1.54, 1.807) is 7.11 Å². The molecule has 0 N–H and O–H groups in total. The van der Waals surface area contributed by atoms with Crippen LogP contribution in [0.1, 0.15) is 11.3 Å². The van der Waals surface area contributed by atoms with E-state index in [1.165, 1.54) is 0 Å². The van der Waals surface area contributed by atoms with Gasteiger partial charge in [-0.15, -0.1) is 0 Å². The molecule has 2 aliphatic heterocycles. The molecule has 0 spiro atoms. The van der Waals surface area contributed by atoms with Crippen LogP contribution in [0.4, 0.5) is 5.82 Å². The first-order valence-electron chi connectivity index (χ1n) is 8.74. The lowest BCUT2D eigenvalue weighted by Gasteiger charge is -2.23. The largest absolute Gasteiger partial charge is 0.497 e. The fourth-order valence-corrected chi connectivity index (χ4v) is 3.93. The number of likely N-dealkylation sites (tertiary alicyclic amines) is 1. The Morgan fingerprint density at radius 1 is 1.12 bits per heavy atom. The minimum atomic E-state index is 0.0977. The van der Waals surface area contributed by atoms with Crippen LogP contribution >= 0.6 is 0 Å². The van der Waals surface area contributed by atoms with Crippen LogP contribution in [-0.2, 0) is 11.3 Å². The summed E-state index contributed by atoms with van der Waals surface area (Å²) in [5.41, 5.74) is 2.16. The second-order valence-electron chi connectivity index (χ2n) is 6.98. The van der Waals surface area contributed by atoms with Gasteiger partial charge in [0, 0.05) is 37.8 Å². The highest BCUT2D eigenvalue weighted by Crippen LogP contribution is 2.35. The van der Waals surface area contributed by atoms with Crippen LogP contribution in [-0.4, -0.2) is 42.5 Å². The van der Waals surface area contributed by atoms with Crippen molar-refractivity contribution in [1.29, 1.82) is 0 Å². The summed E-state index contributed by atoms with van der Waals surface area (Å²) >= 11 is 0. The summed E-state index contributed by atoms with van der Waals surface area (Å²) in [6.07, 6.45) is 0. The number of hydrogen-bond donors (Lipinski definition) is 0. The zero-order valence-corrected chi connectivity index (χ0v) is 14.7. The van der Waals surface area contributed by atoms with Gasteiger partial charge in [0.2, 0.25) is 5.91 Å². The van der Waals surface area contributed by atoms with Crippen LogP contribution in [0.25, 0.3) is 0 Å². The van der Waals surface area contributed by atoms with Crippen LogP contribution in [0.2, 0.25) is 0 Å². The monoisotopic (exact) mass is 337 g/mol. The third kappa shape index (κ3) is 3.06. The molecule has 0 bridgehead atoms. The molecule has 0 aliphatic carbocycles. The Morgan fingerprint density at radius 3 is 2.60 bits per heavy atom. The van der Waals surface area contributed by atoms with Gasteiger partial charge >= 0.3 is 0 Å². The summed E-state index contributed by atoms with van der Waals surface area (Å²) in [6.45, 7) is 5.20. The Bertz CT molecular complexity index is 775. The van der Waals surface area contributed by atoms with Crippen LogP contribution < -0.4 is 9.64 Å². The van der Waals surface area contributed by atoms with Gasteiger partial charge in [0.05, 0.1) is 13.0 Å². The Hall–Kier alpha value is -2.56. The van der Waals surface area contributed by atoms with Crippen molar-refractivity contribution < 1.29 is 9.53 Å². The third-order valence-corrected chi connectivity index (χ3v) is 5.25. The van der Waals surface area contributed by atoms with Crippen molar-refractivity contribution in [3.63, 3.8) is 0 Å². The van der Waals surface area contributed by atoms with E-state index in [1.807, 2.05) is 54.3 Å². The predicted molar refractivity (Wildman–Crippen MR) is 96.6 cm³/mol. The maximum atomic E-state index is 12.8. The number of carbonyl (C=O) groups is 1. The Kier molecular flexibility index (Phi) is 4.07. The summed E-state index contributed by atoms with van der Waals surface area (Å²) in [7, 11) is 1.66. The molecule has 2 saturated heterocycles. The van der Waals surface area contributed by atoms with Gasteiger partial charge in [-0.05, 0) is 36.8 Å². The van der Waals surface area contributed by atoms with Crippen molar-refractivity contribution in [2.75, 3.05) is 31.6 Å². The molecular formula is C20H23N3O2. The predicted octanol–water partition coefficient (Wildman–Crippen LogP) is 2.49. The quantitative estimate of drug-likeness (QED) is 0.860. The number of rotatable bonds is 4. The Balaban J connectivity index is 1.42. The van der Waals surface area contributed by atoms with Gasteiger partial charge in [0.15, 0.2) is 0 Å². The average Bonchev–Trinajstić information content (AvgIpc) is 3.16. The van der Waals surface area contributed by atoms with Crippen molar-refractivity contribution in [2.45, 2.75) is 13.5 Å². The number of carbonyl (C=O) groups excluding carboxylic acids is 1.